The molecule has 6 nitrogen and oxygen atoms in total. The molecule has 0 saturated carbocycles. The van der Waals surface area contributed by atoms with Gasteiger partial charge in [0.1, 0.15) is 5.82 Å². The van der Waals surface area contributed by atoms with Gasteiger partial charge in [0.05, 0.1) is 22.7 Å². The van der Waals surface area contributed by atoms with Crippen molar-refractivity contribution >= 4 is 11.6 Å². The molecule has 0 spiro atoms. The minimum atomic E-state index is -0.387. The SMILES string of the molecule is CC(=NNC(=O)CC(C)C)c1c(-c2ccccc2)[nH]n(-c2ccc(F)cc2)c1=O. The molecule has 3 aromatic rings. The number of H-pyrrole nitrogens is 1. The molecule has 1 amide bonds. The van der Waals surface area contributed by atoms with Gasteiger partial charge in [0, 0.05) is 12.0 Å². The van der Waals surface area contributed by atoms with Crippen LogP contribution in [0.15, 0.2) is 64.5 Å². The average Bonchev–Trinajstić information content (AvgIpc) is 3.04. The minimum absolute atomic E-state index is 0.202. The number of nitrogens with zero attached hydrogens (tertiary/aromatic N) is 2. The highest BCUT2D eigenvalue weighted by atomic mass is 19.1. The summed E-state index contributed by atoms with van der Waals surface area (Å²) in [6.07, 6.45) is 0.343. The number of halogens is 1. The molecule has 1 aromatic heterocycles. The zero-order valence-electron chi connectivity index (χ0n) is 16.6. The van der Waals surface area contributed by atoms with E-state index in [1.54, 1.807) is 6.92 Å². The molecule has 0 saturated heterocycles. The fourth-order valence-electron chi connectivity index (χ4n) is 2.98. The van der Waals surface area contributed by atoms with Crippen molar-refractivity contribution in [3.63, 3.8) is 0 Å². The summed E-state index contributed by atoms with van der Waals surface area (Å²) in [4.78, 5) is 25.1. The van der Waals surface area contributed by atoms with E-state index in [2.05, 4.69) is 15.6 Å². The summed E-state index contributed by atoms with van der Waals surface area (Å²) in [5, 5.41) is 7.23. The molecule has 0 aliphatic rings. The van der Waals surface area contributed by atoms with Crippen LogP contribution in [0.3, 0.4) is 0 Å². The molecule has 0 aliphatic carbocycles. The summed E-state index contributed by atoms with van der Waals surface area (Å²) in [7, 11) is 0. The van der Waals surface area contributed by atoms with Gasteiger partial charge in [-0.05, 0) is 37.1 Å². The van der Waals surface area contributed by atoms with E-state index in [9.17, 15) is 14.0 Å². The number of benzene rings is 2. The number of aromatic amines is 1. The van der Waals surface area contributed by atoms with Gasteiger partial charge in [0.15, 0.2) is 0 Å². The first kappa shape index (κ1) is 20.3. The van der Waals surface area contributed by atoms with Crippen LogP contribution < -0.4 is 11.0 Å². The topological polar surface area (TPSA) is 79.2 Å². The number of hydrogen-bond acceptors (Lipinski definition) is 3. The fraction of sp³-hybridized carbons (Fsp3) is 0.227. The first-order chi connectivity index (χ1) is 13.9. The van der Waals surface area contributed by atoms with E-state index in [1.165, 1.54) is 28.9 Å². The van der Waals surface area contributed by atoms with Crippen LogP contribution in [0.25, 0.3) is 16.9 Å². The monoisotopic (exact) mass is 394 g/mol. The summed E-state index contributed by atoms with van der Waals surface area (Å²) in [5.74, 6) is -0.397. The van der Waals surface area contributed by atoms with E-state index in [0.29, 0.717) is 29.1 Å². The van der Waals surface area contributed by atoms with E-state index in [0.717, 1.165) is 5.56 Å². The molecular weight excluding hydrogens is 371 g/mol. The summed E-state index contributed by atoms with van der Waals surface area (Å²) in [6, 6.07) is 15.0. The summed E-state index contributed by atoms with van der Waals surface area (Å²) < 4.78 is 14.6. The van der Waals surface area contributed by atoms with Crippen LogP contribution in [-0.4, -0.2) is 21.4 Å². The predicted octanol–water partition coefficient (Wildman–Crippen LogP) is 3.86. The summed E-state index contributed by atoms with van der Waals surface area (Å²) in [5.41, 5.74) is 4.75. The maximum atomic E-state index is 13.3. The largest absolute Gasteiger partial charge is 0.290 e. The Labute approximate surface area is 168 Å². The van der Waals surface area contributed by atoms with Crippen molar-refractivity contribution in [3.05, 3.63) is 76.3 Å². The quantitative estimate of drug-likeness (QED) is 0.492. The molecular formula is C22H23FN4O2. The highest BCUT2D eigenvalue weighted by Crippen LogP contribution is 2.21. The van der Waals surface area contributed by atoms with Gasteiger partial charge in [-0.3, -0.25) is 14.7 Å². The van der Waals surface area contributed by atoms with Gasteiger partial charge in [-0.1, -0.05) is 44.2 Å². The molecule has 3 rings (SSSR count). The third-order valence-electron chi connectivity index (χ3n) is 4.34. The lowest BCUT2D eigenvalue weighted by Gasteiger charge is -2.05. The van der Waals surface area contributed by atoms with Crippen LogP contribution in [0.4, 0.5) is 4.39 Å². The molecule has 0 fully saturated rings. The van der Waals surface area contributed by atoms with Crippen molar-refractivity contribution in [2.45, 2.75) is 27.2 Å². The minimum Gasteiger partial charge on any atom is -0.290 e. The van der Waals surface area contributed by atoms with Crippen LogP contribution in [0.2, 0.25) is 0 Å². The lowest BCUT2D eigenvalue weighted by molar-refractivity contribution is -0.121. The Morgan fingerprint density at radius 1 is 1.14 bits per heavy atom. The standard InChI is InChI=1S/C22H23FN4O2/c1-14(2)13-19(28)25-24-15(3)20-21(16-7-5-4-6-8-16)26-27(22(20)29)18-11-9-17(23)10-12-18/h4-12,14,26H,13H2,1-3H3,(H,25,28). The second kappa shape index (κ2) is 8.68. The Balaban J connectivity index is 2.08. The number of amides is 1. The smallest absolute Gasteiger partial charge is 0.281 e. The van der Waals surface area contributed by atoms with Gasteiger partial charge in [-0.2, -0.15) is 5.10 Å². The predicted molar refractivity (Wildman–Crippen MR) is 112 cm³/mol. The van der Waals surface area contributed by atoms with Crippen molar-refractivity contribution < 1.29 is 9.18 Å². The summed E-state index contributed by atoms with van der Waals surface area (Å²) >= 11 is 0. The third-order valence-corrected chi connectivity index (χ3v) is 4.34. The first-order valence-electron chi connectivity index (χ1n) is 9.36. The van der Waals surface area contributed by atoms with Crippen LogP contribution in [-0.2, 0) is 4.79 Å². The van der Waals surface area contributed by atoms with Gasteiger partial charge in [-0.15, -0.1) is 0 Å². The molecule has 0 atom stereocenters. The molecule has 0 radical (unpaired) electrons. The molecule has 0 bridgehead atoms. The Morgan fingerprint density at radius 2 is 1.79 bits per heavy atom. The van der Waals surface area contributed by atoms with E-state index in [4.69, 9.17) is 0 Å². The highest BCUT2D eigenvalue weighted by Gasteiger charge is 2.19. The normalized spacial score (nSPS) is 11.7. The molecule has 7 heteroatoms. The van der Waals surface area contributed by atoms with Gasteiger partial charge in [0.25, 0.3) is 5.56 Å². The van der Waals surface area contributed by atoms with E-state index >= 15 is 0 Å². The Morgan fingerprint density at radius 3 is 2.41 bits per heavy atom. The third kappa shape index (κ3) is 4.68. The van der Waals surface area contributed by atoms with Gasteiger partial charge < -0.3 is 0 Å². The molecule has 29 heavy (non-hydrogen) atoms. The summed E-state index contributed by atoms with van der Waals surface area (Å²) in [6.45, 7) is 5.55. The molecule has 150 valence electrons. The highest BCUT2D eigenvalue weighted by molar-refractivity contribution is 6.04. The van der Waals surface area contributed by atoms with Crippen LogP contribution in [0.5, 0.6) is 0 Å². The van der Waals surface area contributed by atoms with E-state index in [1.807, 2.05) is 44.2 Å². The van der Waals surface area contributed by atoms with Crippen molar-refractivity contribution in [2.75, 3.05) is 0 Å². The number of hydrogen-bond donors (Lipinski definition) is 2. The molecule has 2 N–H and O–H groups in total. The number of carbonyl (C=O) groups is 1. The van der Waals surface area contributed by atoms with Crippen LogP contribution in [0.1, 0.15) is 32.8 Å². The number of nitrogens with one attached hydrogen (secondary N) is 2. The lowest BCUT2D eigenvalue weighted by Crippen LogP contribution is -2.24. The van der Waals surface area contributed by atoms with Crippen molar-refractivity contribution in [1.82, 2.24) is 15.2 Å². The number of aromatic nitrogens is 2. The van der Waals surface area contributed by atoms with Crippen LogP contribution >= 0.6 is 0 Å². The number of rotatable bonds is 6. The molecule has 0 unspecified atom stereocenters. The number of hydrazone groups is 1. The van der Waals surface area contributed by atoms with Gasteiger partial charge in [-0.25, -0.2) is 14.5 Å². The first-order valence-corrected chi connectivity index (χ1v) is 9.36. The molecule has 1 heterocycles. The zero-order valence-corrected chi connectivity index (χ0v) is 16.6. The second-order valence-corrected chi connectivity index (χ2v) is 7.17. The Kier molecular flexibility index (Phi) is 6.07. The van der Waals surface area contributed by atoms with E-state index < -0.39 is 0 Å². The van der Waals surface area contributed by atoms with Crippen molar-refractivity contribution in [3.8, 4) is 16.9 Å². The average molecular weight is 394 g/mol. The lowest BCUT2D eigenvalue weighted by atomic mass is 10.1. The van der Waals surface area contributed by atoms with Crippen LogP contribution in [0, 0.1) is 11.7 Å². The zero-order chi connectivity index (χ0) is 21.0. The van der Waals surface area contributed by atoms with E-state index in [-0.39, 0.29) is 23.2 Å². The van der Waals surface area contributed by atoms with Crippen molar-refractivity contribution in [1.29, 1.82) is 0 Å². The molecule has 2 aromatic carbocycles. The van der Waals surface area contributed by atoms with Crippen molar-refractivity contribution in [2.24, 2.45) is 11.0 Å². The Bertz CT molecular complexity index is 1080. The Hall–Kier alpha value is -3.48. The maximum absolute atomic E-state index is 13.3. The fourth-order valence-corrected chi connectivity index (χ4v) is 2.98. The second-order valence-electron chi connectivity index (χ2n) is 7.17. The number of carbonyl (C=O) groups excluding carboxylic acids is 1. The van der Waals surface area contributed by atoms with Gasteiger partial charge in [0.2, 0.25) is 5.91 Å². The van der Waals surface area contributed by atoms with Gasteiger partial charge >= 0.3 is 0 Å². The molecule has 0 aliphatic heterocycles. The maximum Gasteiger partial charge on any atom is 0.281 e.